The minimum atomic E-state index is -0.579. The van der Waals surface area contributed by atoms with Gasteiger partial charge >= 0.3 is 5.97 Å². The number of halogens is 3. The molecular weight excluding hydrogens is 454 g/mol. The largest absolute Gasteiger partial charge is 0.452 e. The summed E-state index contributed by atoms with van der Waals surface area (Å²) >= 11 is 14.0. The van der Waals surface area contributed by atoms with Crippen LogP contribution in [0.15, 0.2) is 30.5 Å². The van der Waals surface area contributed by atoms with Gasteiger partial charge in [-0.1, -0.05) is 29.3 Å². The standard InChI is InChI=1S/C15H11Cl2IN2O3/c1-8-11(16)6-19-14(13(8)17)20-12(21)7-23-15(22)9-3-2-4-10(18)5-9/h2-6H,7H2,1H3,(H,19,20,21). The number of anilines is 1. The van der Waals surface area contributed by atoms with Gasteiger partial charge in [0.2, 0.25) is 0 Å². The van der Waals surface area contributed by atoms with Crippen molar-refractivity contribution in [1.82, 2.24) is 4.98 Å². The van der Waals surface area contributed by atoms with Gasteiger partial charge in [0.25, 0.3) is 5.91 Å². The first kappa shape index (κ1) is 18.0. The van der Waals surface area contributed by atoms with E-state index in [1.165, 1.54) is 6.20 Å². The van der Waals surface area contributed by atoms with Crippen molar-refractivity contribution in [3.05, 3.63) is 55.2 Å². The molecule has 0 fully saturated rings. The molecule has 8 heteroatoms. The third-order valence-corrected chi connectivity index (χ3v) is 4.37. The minimum absolute atomic E-state index is 0.170. The Hall–Kier alpha value is -1.38. The van der Waals surface area contributed by atoms with Crippen molar-refractivity contribution < 1.29 is 14.3 Å². The van der Waals surface area contributed by atoms with Gasteiger partial charge in [-0.05, 0) is 53.3 Å². The molecule has 1 aromatic carbocycles. The van der Waals surface area contributed by atoms with Crippen LogP contribution in [-0.4, -0.2) is 23.5 Å². The normalized spacial score (nSPS) is 10.3. The van der Waals surface area contributed by atoms with E-state index >= 15 is 0 Å². The predicted molar refractivity (Wildman–Crippen MR) is 97.1 cm³/mol. The molecule has 1 amide bonds. The molecule has 0 aliphatic heterocycles. The Morgan fingerprint density at radius 3 is 2.78 bits per heavy atom. The van der Waals surface area contributed by atoms with E-state index in [1.807, 2.05) is 6.07 Å². The molecule has 0 spiro atoms. The number of benzene rings is 1. The van der Waals surface area contributed by atoms with Gasteiger partial charge in [0.05, 0.1) is 15.6 Å². The summed E-state index contributed by atoms with van der Waals surface area (Å²) in [6, 6.07) is 6.87. The molecule has 0 radical (unpaired) electrons. The molecule has 0 saturated heterocycles. The average molecular weight is 465 g/mol. The molecule has 1 aromatic heterocycles. The van der Waals surface area contributed by atoms with Crippen LogP contribution in [0.2, 0.25) is 10.0 Å². The Bertz CT molecular complexity index is 768. The summed E-state index contributed by atoms with van der Waals surface area (Å²) in [4.78, 5) is 27.6. The summed E-state index contributed by atoms with van der Waals surface area (Å²) in [6.07, 6.45) is 1.39. The molecule has 0 saturated carbocycles. The Morgan fingerprint density at radius 1 is 1.35 bits per heavy atom. The smallest absolute Gasteiger partial charge is 0.338 e. The van der Waals surface area contributed by atoms with Crippen LogP contribution < -0.4 is 5.32 Å². The first-order valence-corrected chi connectivity index (χ1v) is 8.25. The van der Waals surface area contributed by atoms with Crippen molar-refractivity contribution in [3.8, 4) is 0 Å². The first-order valence-electron chi connectivity index (χ1n) is 6.41. The van der Waals surface area contributed by atoms with Gasteiger partial charge < -0.3 is 10.1 Å². The van der Waals surface area contributed by atoms with Gasteiger partial charge in [-0.25, -0.2) is 9.78 Å². The molecule has 0 aliphatic rings. The van der Waals surface area contributed by atoms with Crippen molar-refractivity contribution in [2.45, 2.75) is 6.92 Å². The molecule has 0 unspecified atom stereocenters. The summed E-state index contributed by atoms with van der Waals surface area (Å²) in [5, 5.41) is 3.12. The number of carbonyl (C=O) groups excluding carboxylic acids is 2. The second-order valence-electron chi connectivity index (χ2n) is 4.53. The van der Waals surface area contributed by atoms with E-state index in [2.05, 4.69) is 32.9 Å². The lowest BCUT2D eigenvalue weighted by Crippen LogP contribution is -2.21. The van der Waals surface area contributed by atoms with Crippen molar-refractivity contribution in [1.29, 1.82) is 0 Å². The Kier molecular flexibility index (Phi) is 6.20. The van der Waals surface area contributed by atoms with E-state index in [9.17, 15) is 9.59 Å². The summed E-state index contributed by atoms with van der Waals surface area (Å²) in [5.74, 6) is -0.950. The lowest BCUT2D eigenvalue weighted by Gasteiger charge is -2.09. The van der Waals surface area contributed by atoms with Crippen LogP contribution in [-0.2, 0) is 9.53 Å². The number of amides is 1. The van der Waals surface area contributed by atoms with Crippen LogP contribution in [0.3, 0.4) is 0 Å². The van der Waals surface area contributed by atoms with Crippen molar-refractivity contribution in [2.75, 3.05) is 11.9 Å². The number of aromatic nitrogens is 1. The van der Waals surface area contributed by atoms with Crippen LogP contribution in [0.25, 0.3) is 0 Å². The number of nitrogens with one attached hydrogen (secondary N) is 1. The number of nitrogens with zero attached hydrogens (tertiary/aromatic N) is 1. The van der Waals surface area contributed by atoms with Crippen LogP contribution in [0.1, 0.15) is 15.9 Å². The molecule has 0 bridgehead atoms. The fourth-order valence-corrected chi connectivity index (χ4v) is 2.57. The third-order valence-electron chi connectivity index (χ3n) is 2.85. The maximum atomic E-state index is 11.9. The van der Waals surface area contributed by atoms with E-state index in [-0.39, 0.29) is 10.8 Å². The number of rotatable bonds is 4. The van der Waals surface area contributed by atoms with E-state index in [0.717, 1.165) is 3.57 Å². The molecule has 2 rings (SSSR count). The van der Waals surface area contributed by atoms with E-state index < -0.39 is 18.5 Å². The van der Waals surface area contributed by atoms with E-state index in [0.29, 0.717) is 16.1 Å². The van der Waals surface area contributed by atoms with Crippen LogP contribution in [0.4, 0.5) is 5.82 Å². The number of pyridine rings is 1. The second-order valence-corrected chi connectivity index (χ2v) is 6.56. The number of ether oxygens (including phenoxy) is 1. The monoisotopic (exact) mass is 464 g/mol. The SMILES string of the molecule is Cc1c(Cl)cnc(NC(=O)COC(=O)c2cccc(I)c2)c1Cl. The van der Waals surface area contributed by atoms with Crippen LogP contribution in [0, 0.1) is 10.5 Å². The van der Waals surface area contributed by atoms with Gasteiger partial charge in [0.1, 0.15) is 0 Å². The van der Waals surface area contributed by atoms with Gasteiger partial charge in [0, 0.05) is 9.77 Å². The number of hydrogen-bond donors (Lipinski definition) is 1. The molecule has 23 heavy (non-hydrogen) atoms. The zero-order valence-corrected chi connectivity index (χ0v) is 15.6. The zero-order chi connectivity index (χ0) is 17.0. The van der Waals surface area contributed by atoms with Gasteiger partial charge in [-0.3, -0.25) is 4.79 Å². The number of carbonyl (C=O) groups is 2. The van der Waals surface area contributed by atoms with Gasteiger partial charge in [0.15, 0.2) is 12.4 Å². The van der Waals surface area contributed by atoms with Crippen molar-refractivity contribution in [3.63, 3.8) is 0 Å². The number of hydrogen-bond acceptors (Lipinski definition) is 4. The lowest BCUT2D eigenvalue weighted by atomic mass is 10.2. The van der Waals surface area contributed by atoms with Gasteiger partial charge in [-0.15, -0.1) is 0 Å². The fourth-order valence-electron chi connectivity index (χ4n) is 1.64. The fraction of sp³-hybridized carbons (Fsp3) is 0.133. The summed E-state index contributed by atoms with van der Waals surface area (Å²) in [6.45, 7) is 1.27. The van der Waals surface area contributed by atoms with Crippen LogP contribution in [0.5, 0.6) is 0 Å². The molecule has 0 aliphatic carbocycles. The zero-order valence-electron chi connectivity index (χ0n) is 11.9. The third kappa shape index (κ3) is 4.79. The van der Waals surface area contributed by atoms with Crippen LogP contribution >= 0.6 is 45.8 Å². The highest BCUT2D eigenvalue weighted by Crippen LogP contribution is 2.28. The summed E-state index contributed by atoms with van der Waals surface area (Å²) < 4.78 is 5.86. The minimum Gasteiger partial charge on any atom is -0.452 e. The summed E-state index contributed by atoms with van der Waals surface area (Å²) in [5.41, 5.74) is 0.984. The Balaban J connectivity index is 1.95. The van der Waals surface area contributed by atoms with Crippen molar-refractivity contribution in [2.24, 2.45) is 0 Å². The topological polar surface area (TPSA) is 68.3 Å². The molecule has 1 heterocycles. The number of esters is 1. The highest BCUT2D eigenvalue weighted by molar-refractivity contribution is 14.1. The highest BCUT2D eigenvalue weighted by Gasteiger charge is 2.14. The summed E-state index contributed by atoms with van der Waals surface area (Å²) in [7, 11) is 0. The first-order chi connectivity index (χ1) is 10.9. The van der Waals surface area contributed by atoms with Gasteiger partial charge in [-0.2, -0.15) is 0 Å². The molecule has 1 N–H and O–H groups in total. The average Bonchev–Trinajstić information content (AvgIpc) is 2.53. The lowest BCUT2D eigenvalue weighted by molar-refractivity contribution is -0.119. The van der Waals surface area contributed by atoms with E-state index in [4.69, 9.17) is 27.9 Å². The van der Waals surface area contributed by atoms with Crippen molar-refractivity contribution >= 4 is 63.5 Å². The predicted octanol–water partition coefficient (Wildman–Crippen LogP) is 4.10. The second kappa shape index (κ2) is 7.94. The quantitative estimate of drug-likeness (QED) is 0.546. The molecule has 120 valence electrons. The maximum Gasteiger partial charge on any atom is 0.338 e. The highest BCUT2D eigenvalue weighted by atomic mass is 127. The molecular formula is C15H11Cl2IN2O3. The van der Waals surface area contributed by atoms with E-state index in [1.54, 1.807) is 25.1 Å². The molecule has 2 aromatic rings. The Labute approximate surface area is 156 Å². The Morgan fingerprint density at radius 2 is 2.09 bits per heavy atom. The molecule has 5 nitrogen and oxygen atoms in total. The molecule has 0 atom stereocenters. The maximum absolute atomic E-state index is 11.9.